The van der Waals surface area contributed by atoms with Crippen molar-refractivity contribution in [2.75, 3.05) is 26.4 Å². The van der Waals surface area contributed by atoms with Gasteiger partial charge < -0.3 is 23.7 Å². The Labute approximate surface area is 101 Å². The molecule has 0 radical (unpaired) electrons. The molecule has 0 N–H and O–H groups in total. The minimum absolute atomic E-state index is 0.410. The molecule has 2 unspecified atom stereocenters. The van der Waals surface area contributed by atoms with E-state index < -0.39 is 0 Å². The van der Waals surface area contributed by atoms with Gasteiger partial charge in [0.15, 0.2) is 0 Å². The van der Waals surface area contributed by atoms with Gasteiger partial charge in [0.2, 0.25) is 0 Å². The lowest BCUT2D eigenvalue weighted by atomic mass is 10.4. The highest BCUT2D eigenvalue weighted by molar-refractivity contribution is 4.72. The standard InChI is InChI=1S/C12H18O5/c1(11-9-16-11)3-13-5-7-15-8-6-14-4-2-12-10-17-12/h5-8,11-12H,1-4,9-10H2. The molecule has 0 spiro atoms. The van der Waals surface area contributed by atoms with Gasteiger partial charge in [-0.1, -0.05) is 0 Å². The van der Waals surface area contributed by atoms with Gasteiger partial charge in [0, 0.05) is 12.8 Å². The van der Waals surface area contributed by atoms with Crippen molar-refractivity contribution >= 4 is 0 Å². The van der Waals surface area contributed by atoms with E-state index in [2.05, 4.69) is 0 Å². The van der Waals surface area contributed by atoms with Crippen molar-refractivity contribution < 1.29 is 23.7 Å². The minimum Gasteiger partial charge on any atom is -0.498 e. The Kier molecular flexibility index (Phi) is 5.19. The monoisotopic (exact) mass is 242 g/mol. The molecule has 2 aliphatic heterocycles. The molecule has 5 nitrogen and oxygen atoms in total. The Hall–Kier alpha value is -1.20. The molecule has 0 aromatic heterocycles. The number of hydrogen-bond donors (Lipinski definition) is 0. The van der Waals surface area contributed by atoms with E-state index in [4.69, 9.17) is 23.7 Å². The van der Waals surface area contributed by atoms with Crippen molar-refractivity contribution in [1.29, 1.82) is 0 Å². The molecule has 2 heterocycles. The molecular weight excluding hydrogens is 224 g/mol. The van der Waals surface area contributed by atoms with E-state index in [1.54, 1.807) is 0 Å². The van der Waals surface area contributed by atoms with Crippen LogP contribution in [-0.4, -0.2) is 38.6 Å². The highest BCUT2D eigenvalue weighted by atomic mass is 16.6. The van der Waals surface area contributed by atoms with E-state index in [9.17, 15) is 0 Å². The van der Waals surface area contributed by atoms with Gasteiger partial charge in [-0.25, -0.2) is 0 Å². The molecule has 2 aliphatic rings. The van der Waals surface area contributed by atoms with Gasteiger partial charge >= 0.3 is 0 Å². The maximum atomic E-state index is 5.18. The molecule has 5 heteroatoms. The molecule has 2 atom stereocenters. The Bertz CT molecular complexity index is 230. The van der Waals surface area contributed by atoms with Crippen molar-refractivity contribution in [3.63, 3.8) is 0 Å². The van der Waals surface area contributed by atoms with E-state index in [1.807, 2.05) is 0 Å². The molecule has 0 bridgehead atoms. The molecule has 0 amide bonds. The van der Waals surface area contributed by atoms with E-state index in [0.717, 1.165) is 26.1 Å². The van der Waals surface area contributed by atoms with Crippen molar-refractivity contribution in [3.8, 4) is 0 Å². The van der Waals surface area contributed by atoms with Crippen LogP contribution in [0.3, 0.4) is 0 Å². The van der Waals surface area contributed by atoms with Gasteiger partial charge in [0.05, 0.1) is 38.6 Å². The van der Waals surface area contributed by atoms with Gasteiger partial charge in [-0.05, 0) is 0 Å². The lowest BCUT2D eigenvalue weighted by molar-refractivity contribution is 0.207. The molecule has 2 fully saturated rings. The second-order valence-corrected chi connectivity index (χ2v) is 3.91. The predicted octanol–water partition coefficient (Wildman–Crippen LogP) is 1.56. The molecule has 0 aliphatic carbocycles. The van der Waals surface area contributed by atoms with E-state index in [0.29, 0.717) is 25.4 Å². The molecular formula is C12H18O5. The average Bonchev–Trinajstić information content (AvgIpc) is 3.19. The number of epoxide rings is 2. The van der Waals surface area contributed by atoms with Crippen molar-refractivity contribution in [1.82, 2.24) is 0 Å². The Balaban J connectivity index is 1.33. The minimum atomic E-state index is 0.410. The van der Waals surface area contributed by atoms with Gasteiger partial charge in [0.1, 0.15) is 25.0 Å². The van der Waals surface area contributed by atoms with E-state index in [1.165, 1.54) is 25.0 Å². The third kappa shape index (κ3) is 6.86. The molecule has 0 aromatic rings. The third-order valence-electron chi connectivity index (χ3n) is 2.38. The van der Waals surface area contributed by atoms with Gasteiger partial charge in [-0.15, -0.1) is 0 Å². The SMILES string of the molecule is C(=COCCC1CO1)OC=COCCC1CO1. The molecule has 17 heavy (non-hydrogen) atoms. The summed E-state index contributed by atoms with van der Waals surface area (Å²) in [5, 5.41) is 0. The number of ether oxygens (including phenoxy) is 5. The summed E-state index contributed by atoms with van der Waals surface area (Å²) in [4.78, 5) is 0. The van der Waals surface area contributed by atoms with Gasteiger partial charge in [0.25, 0.3) is 0 Å². The first-order chi connectivity index (χ1) is 8.45. The maximum absolute atomic E-state index is 5.18. The summed E-state index contributed by atoms with van der Waals surface area (Å²) in [6.45, 7) is 3.06. The topological polar surface area (TPSA) is 52.8 Å². The van der Waals surface area contributed by atoms with Gasteiger partial charge in [-0.2, -0.15) is 0 Å². The quantitative estimate of drug-likeness (QED) is 0.330. The largest absolute Gasteiger partial charge is 0.498 e. The average molecular weight is 242 g/mol. The zero-order valence-electron chi connectivity index (χ0n) is 9.75. The summed E-state index contributed by atoms with van der Waals surface area (Å²) in [6.07, 6.45) is 8.67. The Morgan fingerprint density at radius 2 is 1.29 bits per heavy atom. The van der Waals surface area contributed by atoms with Crippen LogP contribution in [0.1, 0.15) is 12.8 Å². The van der Waals surface area contributed by atoms with Crippen LogP contribution >= 0.6 is 0 Å². The normalized spacial score (nSPS) is 26.4. The zero-order chi connectivity index (χ0) is 11.8. The van der Waals surface area contributed by atoms with Crippen LogP contribution in [0.25, 0.3) is 0 Å². The lowest BCUT2D eigenvalue weighted by Gasteiger charge is -1.98. The Morgan fingerprint density at radius 1 is 0.824 bits per heavy atom. The van der Waals surface area contributed by atoms with Crippen LogP contribution < -0.4 is 0 Å². The second-order valence-electron chi connectivity index (χ2n) is 3.91. The zero-order valence-corrected chi connectivity index (χ0v) is 9.75. The summed E-state index contributed by atoms with van der Waals surface area (Å²) in [5.41, 5.74) is 0. The van der Waals surface area contributed by atoms with Crippen LogP contribution in [0.4, 0.5) is 0 Å². The van der Waals surface area contributed by atoms with Crippen molar-refractivity contribution in [2.24, 2.45) is 0 Å². The fraction of sp³-hybridized carbons (Fsp3) is 0.667. The smallest absolute Gasteiger partial charge is 0.125 e. The highest BCUT2D eigenvalue weighted by Crippen LogP contribution is 2.13. The number of rotatable bonds is 10. The summed E-state index contributed by atoms with van der Waals surface area (Å²) in [5.74, 6) is 0. The second kappa shape index (κ2) is 7.19. The molecule has 2 rings (SSSR count). The Morgan fingerprint density at radius 3 is 1.71 bits per heavy atom. The third-order valence-corrected chi connectivity index (χ3v) is 2.38. The van der Waals surface area contributed by atoms with Crippen LogP contribution in [0.2, 0.25) is 0 Å². The maximum Gasteiger partial charge on any atom is 0.125 e. The fourth-order valence-electron chi connectivity index (χ4n) is 1.19. The first kappa shape index (κ1) is 12.3. The van der Waals surface area contributed by atoms with Crippen LogP contribution in [0, 0.1) is 0 Å². The van der Waals surface area contributed by atoms with Crippen molar-refractivity contribution in [2.45, 2.75) is 25.0 Å². The molecule has 96 valence electrons. The van der Waals surface area contributed by atoms with Crippen molar-refractivity contribution in [3.05, 3.63) is 25.0 Å². The van der Waals surface area contributed by atoms with Crippen LogP contribution in [0.15, 0.2) is 25.0 Å². The summed E-state index contributed by atoms with van der Waals surface area (Å²) >= 11 is 0. The summed E-state index contributed by atoms with van der Waals surface area (Å²) < 4.78 is 25.4. The lowest BCUT2D eigenvalue weighted by Crippen LogP contribution is -1.93. The molecule has 0 saturated carbocycles. The highest BCUT2D eigenvalue weighted by Gasteiger charge is 2.21. The fourth-order valence-corrected chi connectivity index (χ4v) is 1.19. The number of hydrogen-bond acceptors (Lipinski definition) is 5. The summed E-state index contributed by atoms with van der Waals surface area (Å²) in [7, 11) is 0. The molecule has 2 saturated heterocycles. The van der Waals surface area contributed by atoms with Gasteiger partial charge in [-0.3, -0.25) is 0 Å². The first-order valence-corrected chi connectivity index (χ1v) is 5.87. The molecule has 0 aromatic carbocycles. The van der Waals surface area contributed by atoms with Crippen LogP contribution in [-0.2, 0) is 23.7 Å². The first-order valence-electron chi connectivity index (χ1n) is 5.87. The van der Waals surface area contributed by atoms with Crippen LogP contribution in [0.5, 0.6) is 0 Å². The predicted molar refractivity (Wildman–Crippen MR) is 60.0 cm³/mol. The summed E-state index contributed by atoms with van der Waals surface area (Å²) in [6, 6.07) is 0. The van der Waals surface area contributed by atoms with E-state index in [-0.39, 0.29) is 0 Å². The van der Waals surface area contributed by atoms with E-state index >= 15 is 0 Å².